The lowest BCUT2D eigenvalue weighted by Gasteiger charge is -2.21. The lowest BCUT2D eigenvalue weighted by molar-refractivity contribution is 0.0944. The molecule has 4 N–H and O–H groups in total. The summed E-state index contributed by atoms with van der Waals surface area (Å²) in [5.74, 6) is -0.0911. The van der Waals surface area contributed by atoms with Crippen molar-refractivity contribution in [3.8, 4) is 0 Å². The van der Waals surface area contributed by atoms with Crippen LogP contribution in [-0.4, -0.2) is 30.2 Å². The minimum absolute atomic E-state index is 0.0911. The largest absolute Gasteiger partial charge is 0.397 e. The van der Waals surface area contributed by atoms with Crippen LogP contribution in [0.3, 0.4) is 0 Å². The number of carbonyl (C=O) groups excluding carboxylic acids is 1. The molecule has 0 unspecified atom stereocenters. The van der Waals surface area contributed by atoms with Crippen LogP contribution in [0.1, 0.15) is 29.8 Å². The van der Waals surface area contributed by atoms with Gasteiger partial charge in [-0.05, 0) is 51.1 Å². The van der Waals surface area contributed by atoms with Gasteiger partial charge in [-0.25, -0.2) is 0 Å². The van der Waals surface area contributed by atoms with Gasteiger partial charge in [-0.15, -0.1) is 0 Å². The van der Waals surface area contributed by atoms with Crippen LogP contribution >= 0.6 is 0 Å². The van der Waals surface area contributed by atoms with E-state index >= 15 is 0 Å². The zero-order valence-electron chi connectivity index (χ0n) is 14.6. The summed E-state index contributed by atoms with van der Waals surface area (Å²) in [6.07, 6.45) is 0. The van der Waals surface area contributed by atoms with Crippen LogP contribution in [0.2, 0.25) is 0 Å². The van der Waals surface area contributed by atoms with Gasteiger partial charge in [-0.3, -0.25) is 4.79 Å². The summed E-state index contributed by atoms with van der Waals surface area (Å²) in [6.45, 7) is 5.81. The normalized spacial score (nSPS) is 11.2. The van der Waals surface area contributed by atoms with Crippen molar-refractivity contribution in [1.82, 2.24) is 0 Å². The van der Waals surface area contributed by atoms with Gasteiger partial charge in [-0.1, -0.05) is 17.7 Å². The van der Waals surface area contributed by atoms with Crippen LogP contribution in [0, 0.1) is 6.92 Å². The zero-order valence-corrected chi connectivity index (χ0v) is 14.6. The Labute approximate surface area is 143 Å². The van der Waals surface area contributed by atoms with Crippen molar-refractivity contribution in [3.63, 3.8) is 0 Å². The molecule has 0 aromatic heterocycles. The molecule has 2 rings (SSSR count). The lowest BCUT2D eigenvalue weighted by atomic mass is 10.1. The van der Waals surface area contributed by atoms with E-state index in [2.05, 4.69) is 5.32 Å². The molecule has 0 saturated heterocycles. The van der Waals surface area contributed by atoms with Gasteiger partial charge >= 0.3 is 0 Å². The summed E-state index contributed by atoms with van der Waals surface area (Å²) in [5, 5.41) is 12.9. The molecule has 0 aliphatic carbocycles. The van der Waals surface area contributed by atoms with Crippen molar-refractivity contribution >= 4 is 23.0 Å². The highest BCUT2D eigenvalue weighted by molar-refractivity contribution is 6.06. The first-order valence-corrected chi connectivity index (χ1v) is 7.88. The Morgan fingerprint density at radius 2 is 1.83 bits per heavy atom. The fourth-order valence-corrected chi connectivity index (χ4v) is 2.24. The molecule has 128 valence electrons. The molecule has 5 nitrogen and oxygen atoms in total. The number of nitrogen functional groups attached to an aromatic ring is 1. The number of anilines is 3. The highest BCUT2D eigenvalue weighted by Crippen LogP contribution is 2.26. The molecular weight excluding hydrogens is 302 g/mol. The zero-order chi connectivity index (χ0) is 17.9. The van der Waals surface area contributed by atoms with E-state index in [0.29, 0.717) is 23.5 Å². The third kappa shape index (κ3) is 4.49. The highest BCUT2D eigenvalue weighted by atomic mass is 16.3. The van der Waals surface area contributed by atoms with Gasteiger partial charge in [0.2, 0.25) is 0 Å². The molecule has 1 amide bonds. The average molecular weight is 327 g/mol. The van der Waals surface area contributed by atoms with E-state index in [1.54, 1.807) is 31.9 Å². The molecule has 2 aromatic rings. The maximum Gasteiger partial charge on any atom is 0.258 e. The summed E-state index contributed by atoms with van der Waals surface area (Å²) in [7, 11) is 1.72. The number of hydrogen-bond donors (Lipinski definition) is 3. The number of aliphatic hydroxyl groups is 1. The number of aryl methyl sites for hydroxylation is 1. The number of nitrogens with two attached hydrogens (primary N) is 1. The molecule has 0 spiro atoms. The van der Waals surface area contributed by atoms with Crippen LogP contribution in [0.4, 0.5) is 17.1 Å². The lowest BCUT2D eigenvalue weighted by Crippen LogP contribution is -2.29. The summed E-state index contributed by atoms with van der Waals surface area (Å²) in [5.41, 5.74) is 8.95. The van der Waals surface area contributed by atoms with Crippen molar-refractivity contribution in [2.24, 2.45) is 0 Å². The number of rotatable bonds is 5. The second-order valence-corrected chi connectivity index (χ2v) is 6.67. The second kappa shape index (κ2) is 6.93. The van der Waals surface area contributed by atoms with Gasteiger partial charge in [0.05, 0.1) is 17.0 Å². The molecule has 2 aromatic carbocycles. The van der Waals surface area contributed by atoms with Gasteiger partial charge in [-0.2, -0.15) is 0 Å². The summed E-state index contributed by atoms with van der Waals surface area (Å²) >= 11 is 0. The first kappa shape index (κ1) is 17.8. The Balaban J connectivity index is 2.15. The molecular formula is C19H25N3O2. The SMILES string of the molecule is Cc1ccc(C(=O)N(C)c2ccc(NCC(C)(C)O)c(N)c2)cc1. The van der Waals surface area contributed by atoms with Gasteiger partial charge < -0.3 is 21.1 Å². The number of amides is 1. The molecule has 0 atom stereocenters. The van der Waals surface area contributed by atoms with E-state index < -0.39 is 5.60 Å². The predicted molar refractivity (Wildman–Crippen MR) is 99.6 cm³/mol. The van der Waals surface area contributed by atoms with Crippen molar-refractivity contribution < 1.29 is 9.90 Å². The molecule has 24 heavy (non-hydrogen) atoms. The van der Waals surface area contributed by atoms with Crippen LogP contribution in [0.5, 0.6) is 0 Å². The van der Waals surface area contributed by atoms with E-state index in [1.807, 2.05) is 43.3 Å². The molecule has 0 bridgehead atoms. The first-order valence-electron chi connectivity index (χ1n) is 7.88. The first-order chi connectivity index (χ1) is 11.2. The topological polar surface area (TPSA) is 78.6 Å². The van der Waals surface area contributed by atoms with Crippen LogP contribution < -0.4 is 16.0 Å². The third-order valence-corrected chi connectivity index (χ3v) is 3.74. The fraction of sp³-hybridized carbons (Fsp3) is 0.316. The Hall–Kier alpha value is -2.53. The number of nitrogens with zero attached hydrogens (tertiary/aromatic N) is 1. The van der Waals surface area contributed by atoms with E-state index in [4.69, 9.17) is 5.73 Å². The van der Waals surface area contributed by atoms with Crippen LogP contribution in [0.15, 0.2) is 42.5 Å². The van der Waals surface area contributed by atoms with E-state index in [-0.39, 0.29) is 5.91 Å². The summed E-state index contributed by atoms with van der Waals surface area (Å²) < 4.78 is 0. The monoisotopic (exact) mass is 327 g/mol. The molecule has 0 aliphatic rings. The molecule has 0 saturated carbocycles. The van der Waals surface area contributed by atoms with Crippen molar-refractivity contribution in [2.45, 2.75) is 26.4 Å². The fourth-order valence-electron chi connectivity index (χ4n) is 2.24. The maximum atomic E-state index is 12.5. The van der Waals surface area contributed by atoms with Crippen molar-refractivity contribution in [3.05, 3.63) is 53.6 Å². The minimum atomic E-state index is -0.830. The van der Waals surface area contributed by atoms with Gasteiger partial charge in [0.15, 0.2) is 0 Å². The molecule has 0 radical (unpaired) electrons. The molecule has 0 aliphatic heterocycles. The number of benzene rings is 2. The number of hydrogen-bond acceptors (Lipinski definition) is 4. The van der Waals surface area contributed by atoms with Gasteiger partial charge in [0.1, 0.15) is 0 Å². The Kier molecular flexibility index (Phi) is 5.14. The summed E-state index contributed by atoms with van der Waals surface area (Å²) in [6, 6.07) is 12.9. The standard InChI is InChI=1S/C19H25N3O2/c1-13-5-7-14(8-6-13)18(23)22(4)15-9-10-17(16(20)11-15)21-12-19(2,3)24/h5-11,21,24H,12,20H2,1-4H3. The van der Waals surface area contributed by atoms with Gasteiger partial charge in [0.25, 0.3) is 5.91 Å². The number of carbonyl (C=O) groups is 1. The van der Waals surface area contributed by atoms with Crippen LogP contribution in [0.25, 0.3) is 0 Å². The van der Waals surface area contributed by atoms with Crippen molar-refractivity contribution in [2.75, 3.05) is 29.5 Å². The Bertz CT molecular complexity index is 718. The Morgan fingerprint density at radius 1 is 1.21 bits per heavy atom. The third-order valence-electron chi connectivity index (χ3n) is 3.74. The average Bonchev–Trinajstić information content (AvgIpc) is 2.52. The van der Waals surface area contributed by atoms with E-state index in [9.17, 15) is 9.90 Å². The molecule has 0 heterocycles. The molecule has 0 fully saturated rings. The van der Waals surface area contributed by atoms with E-state index in [0.717, 1.165) is 11.3 Å². The highest BCUT2D eigenvalue weighted by Gasteiger charge is 2.16. The van der Waals surface area contributed by atoms with E-state index in [1.165, 1.54) is 0 Å². The van der Waals surface area contributed by atoms with Crippen LogP contribution in [-0.2, 0) is 0 Å². The summed E-state index contributed by atoms with van der Waals surface area (Å²) in [4.78, 5) is 14.1. The smallest absolute Gasteiger partial charge is 0.258 e. The quantitative estimate of drug-likeness (QED) is 0.738. The molecule has 5 heteroatoms. The van der Waals surface area contributed by atoms with Gasteiger partial charge in [0, 0.05) is 24.8 Å². The van der Waals surface area contributed by atoms with Crippen molar-refractivity contribution in [1.29, 1.82) is 0 Å². The Morgan fingerprint density at radius 3 is 2.38 bits per heavy atom. The maximum absolute atomic E-state index is 12.5. The number of nitrogens with one attached hydrogen (secondary N) is 1. The second-order valence-electron chi connectivity index (χ2n) is 6.67. The predicted octanol–water partition coefficient (Wildman–Crippen LogP) is 3.04. The minimum Gasteiger partial charge on any atom is -0.397 e.